The highest BCUT2D eigenvalue weighted by molar-refractivity contribution is 5.87. The van der Waals surface area contributed by atoms with Crippen molar-refractivity contribution in [3.63, 3.8) is 0 Å². The second kappa shape index (κ2) is 9.59. The molecule has 0 bridgehead atoms. The Morgan fingerprint density at radius 3 is 1.28 bits per heavy atom. The normalized spacial score (nSPS) is 10.3. The number of alkyl halides is 6. The van der Waals surface area contributed by atoms with E-state index in [9.17, 15) is 52.7 Å². The first kappa shape index (κ1) is 26.4. The third-order valence-electron chi connectivity index (χ3n) is 4.67. The fourth-order valence-electron chi connectivity index (χ4n) is 3.24. The lowest BCUT2D eigenvalue weighted by Crippen LogP contribution is -2.24. The van der Waals surface area contributed by atoms with Crippen LogP contribution in [0.2, 0.25) is 0 Å². The molecule has 0 fully saturated rings. The van der Waals surface area contributed by atoms with Crippen LogP contribution < -0.4 is 10.4 Å². The number of benzene rings is 2. The zero-order valence-corrected chi connectivity index (χ0v) is 17.1. The van der Waals surface area contributed by atoms with Crippen LogP contribution in [0.4, 0.5) is 26.3 Å². The largest absolute Gasteiger partial charge is 0.417 e. The van der Waals surface area contributed by atoms with Gasteiger partial charge in [-0.2, -0.15) is 63.2 Å². The summed E-state index contributed by atoms with van der Waals surface area (Å²) in [4.78, 5) is 0. The minimum absolute atomic E-state index is 0.296. The summed E-state index contributed by atoms with van der Waals surface area (Å²) in [7, 11) is 0. The van der Waals surface area contributed by atoms with Crippen LogP contribution >= 0.6 is 0 Å². The van der Waals surface area contributed by atoms with Crippen LogP contribution in [0.1, 0.15) is 38.9 Å². The molecule has 0 spiro atoms. The van der Waals surface area contributed by atoms with Crippen LogP contribution in [-0.4, -0.2) is 0 Å². The van der Waals surface area contributed by atoms with Crippen molar-refractivity contribution < 1.29 is 26.3 Å². The van der Waals surface area contributed by atoms with Gasteiger partial charge in [-0.05, 0) is 18.2 Å². The molecule has 13 heteroatoms. The molecule has 7 nitrogen and oxygen atoms in total. The molecule has 2 aromatic rings. The average molecular weight is 491 g/mol. The summed E-state index contributed by atoms with van der Waals surface area (Å²) in [5.41, 5.74) is -11.8. The molecule has 0 aliphatic carbocycles. The number of hydrogen-bond donors (Lipinski definition) is 0. The lowest BCUT2D eigenvalue weighted by molar-refractivity contribution is -0.143. The Morgan fingerprint density at radius 2 is 1.00 bits per heavy atom. The maximum absolute atomic E-state index is 13.6. The molecule has 0 saturated carbocycles. The molecule has 0 aliphatic rings. The topological polar surface area (TPSA) is 167 Å². The molecule has 172 valence electrons. The van der Waals surface area contributed by atoms with Crippen LogP contribution in [0.15, 0.2) is 18.2 Å². The van der Waals surface area contributed by atoms with Gasteiger partial charge >= 0.3 is 12.4 Å². The van der Waals surface area contributed by atoms with Gasteiger partial charge in [0.25, 0.3) is 0 Å². The Labute approximate surface area is 197 Å². The molecule has 0 atom stereocenters. The van der Waals surface area contributed by atoms with E-state index in [2.05, 4.69) is 0 Å². The molecule has 0 radical (unpaired) electrons. The summed E-state index contributed by atoms with van der Waals surface area (Å²) < 4.78 is 81.8. The first-order chi connectivity index (χ1) is 16.8. The van der Waals surface area contributed by atoms with Crippen molar-refractivity contribution in [3.8, 4) is 42.5 Å². The summed E-state index contributed by atoms with van der Waals surface area (Å²) in [5.74, 6) is 0. The quantitative estimate of drug-likeness (QED) is 0.552. The highest BCUT2D eigenvalue weighted by Gasteiger charge is 2.43. The maximum Gasteiger partial charge on any atom is 0.417 e. The van der Waals surface area contributed by atoms with E-state index in [1.165, 1.54) is 30.3 Å². The van der Waals surface area contributed by atoms with Crippen LogP contribution in [0.5, 0.6) is 0 Å². The lowest BCUT2D eigenvalue weighted by Gasteiger charge is -2.18. The molecule has 2 rings (SSSR count). The number of nitrogens with zero attached hydrogens (tertiary/aromatic N) is 7. The number of hydrogen-bond acceptors (Lipinski definition) is 7. The van der Waals surface area contributed by atoms with Crippen LogP contribution in [-0.2, 0) is 12.4 Å². The van der Waals surface area contributed by atoms with E-state index in [1.54, 1.807) is 0 Å². The molecule has 0 aliphatic heterocycles. The molecule has 0 N–H and O–H groups in total. The highest BCUT2D eigenvalue weighted by atomic mass is 19.4. The molecular formula is C23H3F6N7. The monoisotopic (exact) mass is 491 g/mol. The van der Waals surface area contributed by atoms with E-state index in [0.717, 1.165) is 24.3 Å². The minimum atomic E-state index is -5.53. The highest BCUT2D eigenvalue weighted by Crippen LogP contribution is 2.42. The van der Waals surface area contributed by atoms with Gasteiger partial charge in [0.1, 0.15) is 35.9 Å². The molecule has 0 aromatic heterocycles. The minimum Gasteiger partial charge on any atom is -0.192 e. The van der Waals surface area contributed by atoms with Gasteiger partial charge in [0, 0.05) is 16.0 Å². The van der Waals surface area contributed by atoms with Gasteiger partial charge in [0.2, 0.25) is 0 Å². The van der Waals surface area contributed by atoms with Crippen molar-refractivity contribution in [2.45, 2.75) is 12.4 Å². The van der Waals surface area contributed by atoms with Gasteiger partial charge in [-0.15, -0.1) is 0 Å². The van der Waals surface area contributed by atoms with E-state index in [0.29, 0.717) is 0 Å². The number of nitriles is 7. The van der Waals surface area contributed by atoms with Gasteiger partial charge in [0.05, 0.1) is 51.1 Å². The SMILES string of the molecule is N#CC(C#N)=c1cc(C#N)c(=C(C#N)c2c(C#N)c(C(F)(F)F)cc(C(F)(F)F)c2C#N)c(C#N)c1. The van der Waals surface area contributed by atoms with E-state index < -0.39 is 73.7 Å². The molecule has 2 aromatic carbocycles. The van der Waals surface area contributed by atoms with E-state index in [1.807, 2.05) is 0 Å². The third kappa shape index (κ3) is 4.48. The van der Waals surface area contributed by atoms with Gasteiger partial charge in [-0.1, -0.05) is 0 Å². The zero-order valence-electron chi connectivity index (χ0n) is 17.1. The Balaban J connectivity index is 3.51. The molecule has 36 heavy (non-hydrogen) atoms. The lowest BCUT2D eigenvalue weighted by atomic mass is 9.85. The van der Waals surface area contributed by atoms with Gasteiger partial charge in [0.15, 0.2) is 0 Å². The van der Waals surface area contributed by atoms with Crippen molar-refractivity contribution in [1.82, 2.24) is 0 Å². The van der Waals surface area contributed by atoms with Crippen LogP contribution in [0.3, 0.4) is 0 Å². The van der Waals surface area contributed by atoms with E-state index in [4.69, 9.17) is 10.5 Å². The second-order valence-corrected chi connectivity index (χ2v) is 6.57. The predicted molar refractivity (Wildman–Crippen MR) is 104 cm³/mol. The Kier molecular flexibility index (Phi) is 7.04. The van der Waals surface area contributed by atoms with Gasteiger partial charge < -0.3 is 0 Å². The summed E-state index contributed by atoms with van der Waals surface area (Å²) >= 11 is 0. The maximum atomic E-state index is 13.6. The zero-order chi connectivity index (χ0) is 27.4. The molecular weight excluding hydrogens is 488 g/mol. The average Bonchev–Trinajstić information content (AvgIpc) is 2.83. The first-order valence-corrected chi connectivity index (χ1v) is 8.93. The van der Waals surface area contributed by atoms with E-state index in [-0.39, 0.29) is 5.22 Å². The first-order valence-electron chi connectivity index (χ1n) is 8.93. The predicted octanol–water partition coefficient (Wildman–Crippen LogP) is 3.13. The molecule has 0 amide bonds. The van der Waals surface area contributed by atoms with Crippen molar-refractivity contribution in [2.75, 3.05) is 0 Å². The van der Waals surface area contributed by atoms with Gasteiger partial charge in [-0.3, -0.25) is 0 Å². The van der Waals surface area contributed by atoms with Crippen molar-refractivity contribution in [2.24, 2.45) is 0 Å². The standard InChI is InChI=1S/C23H3F6N7/c24-22(25,26)18-3-19(23(27,28)29)16(9-35)21(15(18)8-34)17(10-36)20-12(4-30)1-11(2-13(20)5-31)14(6-32)7-33/h1-3H. The fraction of sp³-hybridized carbons (Fsp3) is 0.0870. The van der Waals surface area contributed by atoms with Gasteiger partial charge in [-0.25, -0.2) is 0 Å². The smallest absolute Gasteiger partial charge is 0.192 e. The molecule has 0 unspecified atom stereocenters. The van der Waals surface area contributed by atoms with Crippen molar-refractivity contribution in [1.29, 1.82) is 36.8 Å². The third-order valence-corrected chi connectivity index (χ3v) is 4.67. The Bertz CT molecular complexity index is 1620. The van der Waals surface area contributed by atoms with Crippen molar-refractivity contribution >= 4 is 11.1 Å². The number of halogens is 6. The summed E-state index contributed by atoms with van der Waals surface area (Å²) in [6.07, 6.45) is -11.1. The van der Waals surface area contributed by atoms with E-state index >= 15 is 0 Å². The van der Waals surface area contributed by atoms with Crippen molar-refractivity contribution in [3.05, 3.63) is 67.6 Å². The fourth-order valence-corrected chi connectivity index (χ4v) is 3.24. The summed E-state index contributed by atoms with van der Waals surface area (Å²) in [5, 5.41) is 64.7. The number of rotatable bonds is 1. The second-order valence-electron chi connectivity index (χ2n) is 6.57. The molecule has 0 saturated heterocycles. The Hall–Kier alpha value is -5.81. The summed E-state index contributed by atoms with van der Waals surface area (Å²) in [6.45, 7) is 0. The Morgan fingerprint density at radius 1 is 0.583 bits per heavy atom. The van der Waals surface area contributed by atoms with Crippen LogP contribution in [0, 0.1) is 79.3 Å². The summed E-state index contributed by atoms with van der Waals surface area (Å²) in [6, 6.07) is 10.6. The van der Waals surface area contributed by atoms with Crippen LogP contribution in [0.25, 0.3) is 11.1 Å². The molecule has 0 heterocycles.